The lowest BCUT2D eigenvalue weighted by molar-refractivity contribution is -0.127. The van der Waals surface area contributed by atoms with Crippen molar-refractivity contribution in [2.24, 2.45) is 0 Å². The van der Waals surface area contributed by atoms with Gasteiger partial charge in [0.2, 0.25) is 0 Å². The summed E-state index contributed by atoms with van der Waals surface area (Å²) >= 11 is 0. The smallest absolute Gasteiger partial charge is 0.260 e. The van der Waals surface area contributed by atoms with Crippen LogP contribution in [0.15, 0.2) is 24.3 Å². The predicted octanol–water partition coefficient (Wildman–Crippen LogP) is 0.824. The molecule has 5 heteroatoms. The average molecular weight is 248 g/mol. The zero-order valence-corrected chi connectivity index (χ0v) is 10.2. The largest absolute Gasteiger partial charge is 0.481 e. The van der Waals surface area contributed by atoms with E-state index in [4.69, 9.17) is 15.1 Å². The van der Waals surface area contributed by atoms with Crippen LogP contribution in [-0.4, -0.2) is 30.3 Å². The van der Waals surface area contributed by atoms with Crippen LogP contribution in [0.5, 0.6) is 5.75 Å². The lowest BCUT2D eigenvalue weighted by atomic mass is 10.2. The molecule has 1 atom stereocenters. The predicted molar refractivity (Wildman–Crippen MR) is 66.0 cm³/mol. The molecule has 0 saturated carbocycles. The van der Waals surface area contributed by atoms with Gasteiger partial charge in [0, 0.05) is 13.2 Å². The molecule has 2 N–H and O–H groups in total. The molecule has 1 aromatic carbocycles. The Balaban J connectivity index is 2.45. The Labute approximate surface area is 106 Å². The zero-order valence-electron chi connectivity index (χ0n) is 10.2. The molecular weight excluding hydrogens is 232 g/mol. The van der Waals surface area contributed by atoms with Crippen molar-refractivity contribution in [2.45, 2.75) is 19.4 Å². The molecule has 0 aliphatic rings. The second kappa shape index (κ2) is 7.30. The van der Waals surface area contributed by atoms with E-state index in [1.165, 1.54) is 0 Å². The van der Waals surface area contributed by atoms with Gasteiger partial charge in [-0.25, -0.2) is 0 Å². The van der Waals surface area contributed by atoms with Crippen LogP contribution >= 0.6 is 0 Å². The highest BCUT2D eigenvalue weighted by Crippen LogP contribution is 2.13. The van der Waals surface area contributed by atoms with Crippen LogP contribution in [0.1, 0.15) is 18.9 Å². The van der Waals surface area contributed by atoms with E-state index in [1.54, 1.807) is 31.2 Å². The molecule has 0 spiro atoms. The van der Waals surface area contributed by atoms with Gasteiger partial charge in [-0.2, -0.15) is 5.26 Å². The molecule has 1 amide bonds. The van der Waals surface area contributed by atoms with Gasteiger partial charge in [-0.15, -0.1) is 0 Å². The fourth-order valence-corrected chi connectivity index (χ4v) is 1.30. The summed E-state index contributed by atoms with van der Waals surface area (Å²) in [5.41, 5.74) is 0.544. The Kier molecular flexibility index (Phi) is 5.68. The van der Waals surface area contributed by atoms with Crippen molar-refractivity contribution >= 4 is 5.91 Å². The van der Waals surface area contributed by atoms with Crippen molar-refractivity contribution in [3.8, 4) is 11.8 Å². The number of carbonyl (C=O) groups excluding carboxylic acids is 1. The number of carbonyl (C=O) groups is 1. The Morgan fingerprint density at radius 2 is 2.17 bits per heavy atom. The summed E-state index contributed by atoms with van der Waals surface area (Å²) in [4.78, 5) is 11.6. The number of amides is 1. The third kappa shape index (κ3) is 4.44. The number of benzene rings is 1. The SMILES string of the molecule is CC(Oc1ccc(C#N)cc1)C(=O)NCCCO. The third-order valence-electron chi connectivity index (χ3n) is 2.30. The summed E-state index contributed by atoms with van der Waals surface area (Å²) < 4.78 is 5.42. The van der Waals surface area contributed by atoms with Gasteiger partial charge in [-0.1, -0.05) is 0 Å². The number of hydrogen-bond donors (Lipinski definition) is 2. The summed E-state index contributed by atoms with van der Waals surface area (Å²) in [7, 11) is 0. The van der Waals surface area contributed by atoms with Gasteiger partial charge >= 0.3 is 0 Å². The standard InChI is InChI=1S/C13H16N2O3/c1-10(13(17)15-7-2-8-16)18-12-5-3-11(9-14)4-6-12/h3-6,10,16H,2,7-8H2,1H3,(H,15,17). The zero-order chi connectivity index (χ0) is 13.4. The van der Waals surface area contributed by atoms with Crippen LogP contribution < -0.4 is 10.1 Å². The first-order chi connectivity index (χ1) is 8.67. The quantitative estimate of drug-likeness (QED) is 0.730. The van der Waals surface area contributed by atoms with Crippen LogP contribution in [0, 0.1) is 11.3 Å². The topological polar surface area (TPSA) is 82.3 Å². The summed E-state index contributed by atoms with van der Waals surface area (Å²) in [6.45, 7) is 2.12. The van der Waals surface area contributed by atoms with E-state index >= 15 is 0 Å². The molecule has 0 aliphatic carbocycles. The summed E-state index contributed by atoms with van der Waals surface area (Å²) in [6, 6.07) is 8.57. The highest BCUT2D eigenvalue weighted by atomic mass is 16.5. The fraction of sp³-hybridized carbons (Fsp3) is 0.385. The summed E-state index contributed by atoms with van der Waals surface area (Å²) in [6.07, 6.45) is -0.0911. The lowest BCUT2D eigenvalue weighted by Crippen LogP contribution is -2.37. The summed E-state index contributed by atoms with van der Waals surface area (Å²) in [5.74, 6) is 0.312. The molecule has 0 radical (unpaired) electrons. The highest BCUT2D eigenvalue weighted by molar-refractivity contribution is 5.80. The van der Waals surface area contributed by atoms with Crippen LogP contribution in [0.3, 0.4) is 0 Å². The lowest BCUT2D eigenvalue weighted by Gasteiger charge is -2.14. The van der Waals surface area contributed by atoms with E-state index in [9.17, 15) is 4.79 Å². The van der Waals surface area contributed by atoms with E-state index < -0.39 is 6.10 Å². The van der Waals surface area contributed by atoms with Gasteiger partial charge in [0.1, 0.15) is 5.75 Å². The molecule has 0 heterocycles. The van der Waals surface area contributed by atoms with Crippen LogP contribution in [0.4, 0.5) is 0 Å². The van der Waals surface area contributed by atoms with E-state index in [1.807, 2.05) is 6.07 Å². The van der Waals surface area contributed by atoms with Crippen molar-refractivity contribution in [2.75, 3.05) is 13.2 Å². The summed E-state index contributed by atoms with van der Waals surface area (Å²) in [5, 5.41) is 19.9. The van der Waals surface area contributed by atoms with Crippen molar-refractivity contribution in [1.29, 1.82) is 5.26 Å². The number of aliphatic hydroxyl groups is 1. The molecule has 0 saturated heterocycles. The maximum absolute atomic E-state index is 11.6. The van der Waals surface area contributed by atoms with E-state index in [0.717, 1.165) is 0 Å². The number of rotatable bonds is 6. The molecule has 18 heavy (non-hydrogen) atoms. The molecule has 1 unspecified atom stereocenters. The van der Waals surface area contributed by atoms with Gasteiger partial charge in [-0.05, 0) is 37.6 Å². The van der Waals surface area contributed by atoms with Crippen LogP contribution in [0.25, 0.3) is 0 Å². The second-order valence-electron chi connectivity index (χ2n) is 3.76. The van der Waals surface area contributed by atoms with Gasteiger partial charge in [0.25, 0.3) is 5.91 Å². The molecule has 0 aliphatic heterocycles. The molecule has 0 fully saturated rings. The Hall–Kier alpha value is -2.06. The molecule has 0 aromatic heterocycles. The monoisotopic (exact) mass is 248 g/mol. The molecular formula is C13H16N2O3. The number of aliphatic hydroxyl groups excluding tert-OH is 1. The van der Waals surface area contributed by atoms with Crippen molar-refractivity contribution in [1.82, 2.24) is 5.32 Å². The highest BCUT2D eigenvalue weighted by Gasteiger charge is 2.13. The Morgan fingerprint density at radius 3 is 2.72 bits per heavy atom. The number of hydrogen-bond acceptors (Lipinski definition) is 4. The first-order valence-corrected chi connectivity index (χ1v) is 5.72. The van der Waals surface area contributed by atoms with Crippen molar-refractivity contribution < 1.29 is 14.6 Å². The molecule has 5 nitrogen and oxygen atoms in total. The molecule has 0 bridgehead atoms. The molecule has 1 rings (SSSR count). The maximum atomic E-state index is 11.6. The third-order valence-corrected chi connectivity index (χ3v) is 2.30. The van der Waals surface area contributed by atoms with E-state index in [-0.39, 0.29) is 12.5 Å². The second-order valence-corrected chi connectivity index (χ2v) is 3.76. The van der Waals surface area contributed by atoms with Crippen LogP contribution in [-0.2, 0) is 4.79 Å². The molecule has 96 valence electrons. The first kappa shape index (κ1) is 14.0. The van der Waals surface area contributed by atoms with Crippen molar-refractivity contribution in [3.05, 3.63) is 29.8 Å². The number of nitriles is 1. The van der Waals surface area contributed by atoms with E-state index in [0.29, 0.717) is 24.3 Å². The van der Waals surface area contributed by atoms with E-state index in [2.05, 4.69) is 5.32 Å². The number of nitrogens with zero attached hydrogens (tertiary/aromatic N) is 1. The fourth-order valence-electron chi connectivity index (χ4n) is 1.30. The normalized spacial score (nSPS) is 11.4. The van der Waals surface area contributed by atoms with Crippen molar-refractivity contribution in [3.63, 3.8) is 0 Å². The number of ether oxygens (including phenoxy) is 1. The molecule has 1 aromatic rings. The van der Waals surface area contributed by atoms with Gasteiger partial charge in [0.05, 0.1) is 11.6 Å². The maximum Gasteiger partial charge on any atom is 0.260 e. The average Bonchev–Trinajstić information content (AvgIpc) is 2.39. The van der Waals surface area contributed by atoms with Gasteiger partial charge < -0.3 is 15.2 Å². The Morgan fingerprint density at radius 1 is 1.50 bits per heavy atom. The minimum atomic E-state index is -0.614. The minimum Gasteiger partial charge on any atom is -0.481 e. The Bertz CT molecular complexity index is 423. The van der Waals surface area contributed by atoms with Crippen LogP contribution in [0.2, 0.25) is 0 Å². The first-order valence-electron chi connectivity index (χ1n) is 5.72. The van der Waals surface area contributed by atoms with Gasteiger partial charge in [-0.3, -0.25) is 4.79 Å². The van der Waals surface area contributed by atoms with Gasteiger partial charge in [0.15, 0.2) is 6.10 Å². The number of nitrogens with one attached hydrogen (secondary N) is 1. The minimum absolute atomic E-state index is 0.0468.